The maximum atomic E-state index is 2.71. The first kappa shape index (κ1) is 39.3. The third kappa shape index (κ3) is 6.26. The molecular formula is C52H48Cl2SiZr. The van der Waals surface area contributed by atoms with Crippen LogP contribution in [0.4, 0.5) is 0 Å². The van der Waals surface area contributed by atoms with Crippen LogP contribution in [0.15, 0.2) is 108 Å². The van der Waals surface area contributed by atoms with Crippen molar-refractivity contribution in [2.24, 2.45) is 0 Å². The molecule has 6 aromatic rings. The van der Waals surface area contributed by atoms with Gasteiger partial charge in [-0.3, -0.25) is 0 Å². The van der Waals surface area contributed by atoms with Crippen molar-refractivity contribution in [3.8, 4) is 22.3 Å². The maximum Gasteiger partial charge on any atom is -1.00 e. The third-order valence-electron chi connectivity index (χ3n) is 12.8. The number of benzene rings is 6. The zero-order chi connectivity index (χ0) is 36.5. The van der Waals surface area contributed by atoms with Gasteiger partial charge in [0.05, 0.1) is 0 Å². The topological polar surface area (TPSA) is 0 Å². The quantitative estimate of drug-likeness (QED) is 0.121. The van der Waals surface area contributed by atoms with Crippen molar-refractivity contribution in [3.63, 3.8) is 0 Å². The first-order valence-corrected chi connectivity index (χ1v) is 29.4. The van der Waals surface area contributed by atoms with E-state index in [-0.39, 0.29) is 24.8 Å². The molecular weight excluding hydrogens is 815 g/mol. The number of fused-ring (bicyclic) bond motifs is 2. The van der Waals surface area contributed by atoms with Crippen LogP contribution in [0.3, 0.4) is 0 Å². The van der Waals surface area contributed by atoms with Gasteiger partial charge in [0.1, 0.15) is 0 Å². The molecule has 278 valence electrons. The molecule has 0 bridgehead atoms. The molecule has 0 spiro atoms. The number of halogens is 2. The van der Waals surface area contributed by atoms with Crippen LogP contribution in [0.2, 0.25) is 13.1 Å². The first-order chi connectivity index (χ1) is 26.6. The predicted molar refractivity (Wildman–Crippen MR) is 235 cm³/mol. The summed E-state index contributed by atoms with van der Waals surface area (Å²) in [6.07, 6.45) is 22.1. The van der Waals surface area contributed by atoms with Gasteiger partial charge in [-0.15, -0.1) is 0 Å². The Morgan fingerprint density at radius 1 is 0.482 bits per heavy atom. The molecule has 4 aliphatic rings. The first-order valence-electron chi connectivity index (χ1n) is 20.4. The Labute approximate surface area is 353 Å². The second-order valence-electron chi connectivity index (χ2n) is 16.2. The number of rotatable bonds is 10. The third-order valence-corrected chi connectivity index (χ3v) is 32.3. The van der Waals surface area contributed by atoms with Gasteiger partial charge in [0.25, 0.3) is 0 Å². The molecule has 10 rings (SSSR count). The number of hydrogen-bond donors (Lipinski definition) is 0. The molecule has 4 aliphatic carbocycles. The zero-order valence-electron chi connectivity index (χ0n) is 32.9. The van der Waals surface area contributed by atoms with Crippen LogP contribution < -0.4 is 24.8 Å². The largest absolute Gasteiger partial charge is 1.00 e. The Bertz CT molecular complexity index is 2520. The average Bonchev–Trinajstić information content (AvgIpc) is 3.99. The van der Waals surface area contributed by atoms with Gasteiger partial charge in [-0.05, 0) is 0 Å². The molecule has 6 aromatic carbocycles. The second kappa shape index (κ2) is 16.0. The summed E-state index contributed by atoms with van der Waals surface area (Å²) < 4.78 is 1.26. The molecule has 0 nitrogen and oxygen atoms in total. The molecule has 4 heteroatoms. The van der Waals surface area contributed by atoms with Crippen LogP contribution in [-0.4, -0.2) is 5.43 Å². The Balaban J connectivity index is 0.00000220. The average molecular weight is 863 g/mol. The molecule has 0 radical (unpaired) electrons. The summed E-state index contributed by atoms with van der Waals surface area (Å²) >= 11 is -2.33. The minimum Gasteiger partial charge on any atom is -1.00 e. The summed E-state index contributed by atoms with van der Waals surface area (Å²) in [5.41, 5.74) is 20.4. The van der Waals surface area contributed by atoms with Crippen molar-refractivity contribution in [2.45, 2.75) is 72.7 Å². The fourth-order valence-corrected chi connectivity index (χ4v) is 30.9. The Hall–Kier alpha value is -3.52. The van der Waals surface area contributed by atoms with Gasteiger partial charge in [-0.25, -0.2) is 0 Å². The van der Waals surface area contributed by atoms with E-state index < -0.39 is 25.8 Å². The maximum absolute atomic E-state index is 2.71. The monoisotopic (exact) mass is 860 g/mol. The summed E-state index contributed by atoms with van der Waals surface area (Å²) in [5.74, 6) is 0. The molecule has 0 amide bonds. The smallest absolute Gasteiger partial charge is 1.00 e. The minimum atomic E-state index is -2.33. The van der Waals surface area contributed by atoms with E-state index >= 15 is 0 Å². The molecule has 0 saturated carbocycles. The fourth-order valence-electron chi connectivity index (χ4n) is 10.4. The van der Waals surface area contributed by atoms with Crippen molar-refractivity contribution in [2.75, 3.05) is 0 Å². The van der Waals surface area contributed by atoms with E-state index in [4.69, 9.17) is 0 Å². The minimum absolute atomic E-state index is 0. The van der Waals surface area contributed by atoms with E-state index in [1.165, 1.54) is 116 Å². The fraction of sp³-hybridized carbons (Fsp3) is 0.231. The molecule has 0 heterocycles. The van der Waals surface area contributed by atoms with Crippen LogP contribution in [0.25, 0.3) is 80.3 Å². The molecule has 2 atom stereocenters. The molecule has 0 N–H and O–H groups in total. The standard InChI is InChI=1S/2C25H21.C2H6Si.2ClH.Zr/c2*1-2-3-6-17-15-20-8-5-9-21(24(20)16-17)22-14-13-19-12-11-18-7-4-10-23(22)25(18)19;1-3-2;;;/h2*4-5,7-16H,2-3,6H2,1H3;1-2H3;2*1H;/q;;;;;+2/p-2. The van der Waals surface area contributed by atoms with Gasteiger partial charge in [0, 0.05) is 0 Å². The van der Waals surface area contributed by atoms with Gasteiger partial charge < -0.3 is 24.8 Å². The van der Waals surface area contributed by atoms with Crippen molar-refractivity contribution in [3.05, 3.63) is 153 Å². The van der Waals surface area contributed by atoms with Crippen LogP contribution in [-0.2, 0) is 20.4 Å². The molecule has 2 unspecified atom stereocenters. The van der Waals surface area contributed by atoms with Crippen molar-refractivity contribution in [1.82, 2.24) is 0 Å². The number of unbranched alkanes of at least 4 members (excludes halogenated alkanes) is 2. The summed E-state index contributed by atoms with van der Waals surface area (Å²) in [4.78, 5) is 0. The molecule has 0 aliphatic heterocycles. The van der Waals surface area contributed by atoms with E-state index in [0.717, 1.165) is 0 Å². The molecule has 0 fully saturated rings. The van der Waals surface area contributed by atoms with E-state index in [0.29, 0.717) is 7.25 Å². The predicted octanol–water partition coefficient (Wildman–Crippen LogP) is 9.13. The summed E-state index contributed by atoms with van der Waals surface area (Å²) in [6, 6.07) is 38.0. The van der Waals surface area contributed by atoms with Crippen molar-refractivity contribution in [1.29, 1.82) is 0 Å². The van der Waals surface area contributed by atoms with Gasteiger partial charge in [0.15, 0.2) is 0 Å². The van der Waals surface area contributed by atoms with E-state index in [1.807, 2.05) is 0 Å². The Morgan fingerprint density at radius 3 is 1.30 bits per heavy atom. The van der Waals surface area contributed by atoms with E-state index in [2.05, 4.69) is 160 Å². The second-order valence-corrected chi connectivity index (χ2v) is 34.1. The van der Waals surface area contributed by atoms with Crippen LogP contribution in [0.1, 0.15) is 104 Å². The Kier molecular flexibility index (Phi) is 11.2. The van der Waals surface area contributed by atoms with Gasteiger partial charge >= 0.3 is 331 Å². The SMILES string of the molecule is CCCCC1=Cc2c(-c3ccc4c5c(cccc35)C=C4)cccc2[CH]1[Zr+2]([CH]1C(CCCC)=Cc2c(-c3ccc4c5c(cccc35)C=C4)cccc21)=[Si](C)C.[Cl-].[Cl-]. The summed E-state index contributed by atoms with van der Waals surface area (Å²) in [6.45, 7) is 10.1. The van der Waals surface area contributed by atoms with Crippen LogP contribution in [0.5, 0.6) is 0 Å². The van der Waals surface area contributed by atoms with Crippen LogP contribution in [0, 0.1) is 0 Å². The van der Waals surface area contributed by atoms with Gasteiger partial charge in [-0.1, -0.05) is 0 Å². The van der Waals surface area contributed by atoms with E-state index in [1.54, 1.807) is 22.3 Å². The Morgan fingerprint density at radius 2 is 0.893 bits per heavy atom. The molecule has 56 heavy (non-hydrogen) atoms. The van der Waals surface area contributed by atoms with Crippen molar-refractivity contribution < 1.29 is 45.2 Å². The van der Waals surface area contributed by atoms with Crippen molar-refractivity contribution >= 4 is 63.4 Å². The van der Waals surface area contributed by atoms with Crippen LogP contribution >= 0.6 is 0 Å². The van der Waals surface area contributed by atoms with Gasteiger partial charge in [-0.2, -0.15) is 0 Å². The number of allylic oxidation sites excluding steroid dienone is 2. The van der Waals surface area contributed by atoms with E-state index in [9.17, 15) is 0 Å². The summed E-state index contributed by atoms with van der Waals surface area (Å²) in [7, 11) is 0. The van der Waals surface area contributed by atoms with Gasteiger partial charge in [0.2, 0.25) is 0 Å². The number of hydrogen-bond acceptors (Lipinski definition) is 0. The normalized spacial score (nSPS) is 16.3. The molecule has 0 saturated heterocycles. The molecule has 0 aromatic heterocycles. The zero-order valence-corrected chi connectivity index (χ0v) is 37.8. The summed E-state index contributed by atoms with van der Waals surface area (Å²) in [5, 5.41) is 5.63.